The summed E-state index contributed by atoms with van der Waals surface area (Å²) in [5, 5.41) is 44.4. The Labute approximate surface area is 75.4 Å². The molecule has 7 nitrogen and oxygen atoms in total. The van der Waals surface area contributed by atoms with Gasteiger partial charge in [-0.05, 0) is 0 Å². The first-order valence-electron chi connectivity index (χ1n) is 3.92. The van der Waals surface area contributed by atoms with Crippen molar-refractivity contribution >= 4 is 6.26 Å². The zero-order chi connectivity index (χ0) is 11.5. The standard InChI is InChI=1S/C6H13NO6/c7-6(13,2-9)5(12)4(11)3(10)1-8/h2-5,8,10-13H,1,7H2/t3-,4-,5+,6+/m1/s1/i2D. The Bertz CT molecular complexity index is 210. The second-order valence-corrected chi connectivity index (χ2v) is 2.61. The molecule has 0 aromatic rings. The lowest BCUT2D eigenvalue weighted by molar-refractivity contribution is -0.163. The van der Waals surface area contributed by atoms with Crippen LogP contribution in [0.5, 0.6) is 0 Å². The lowest BCUT2D eigenvalue weighted by Crippen LogP contribution is -2.60. The number of aliphatic hydroxyl groups excluding tert-OH is 4. The molecule has 0 aromatic heterocycles. The van der Waals surface area contributed by atoms with E-state index < -0.39 is 36.9 Å². The van der Waals surface area contributed by atoms with E-state index in [1.54, 1.807) is 0 Å². The fourth-order valence-corrected chi connectivity index (χ4v) is 0.639. The van der Waals surface area contributed by atoms with Crippen LogP contribution in [0.1, 0.15) is 1.37 Å². The predicted molar refractivity (Wildman–Crippen MR) is 40.3 cm³/mol. The molecule has 7 N–H and O–H groups in total. The average molecular weight is 196 g/mol. The fourth-order valence-electron chi connectivity index (χ4n) is 0.639. The molecule has 0 amide bonds. The molecule has 0 aliphatic rings. The smallest absolute Gasteiger partial charge is 0.199 e. The van der Waals surface area contributed by atoms with E-state index in [2.05, 4.69) is 0 Å². The molecule has 0 heterocycles. The van der Waals surface area contributed by atoms with Gasteiger partial charge in [0.2, 0.25) is 0 Å². The number of rotatable bonds is 5. The third-order valence-electron chi connectivity index (χ3n) is 1.52. The van der Waals surface area contributed by atoms with Gasteiger partial charge < -0.3 is 25.5 Å². The largest absolute Gasteiger partial charge is 0.394 e. The van der Waals surface area contributed by atoms with E-state index in [1.165, 1.54) is 0 Å². The first kappa shape index (κ1) is 10.5. The molecule has 7 heteroatoms. The first-order valence-corrected chi connectivity index (χ1v) is 3.42. The molecule has 4 atom stereocenters. The Morgan fingerprint density at radius 2 is 2.00 bits per heavy atom. The molecule has 0 aliphatic heterocycles. The number of carbonyl (C=O) groups is 1. The number of carbonyl (C=O) groups excluding carboxylic acids is 1. The molecule has 0 unspecified atom stereocenters. The maximum absolute atomic E-state index is 10.4. The van der Waals surface area contributed by atoms with E-state index in [0.717, 1.165) is 0 Å². The van der Waals surface area contributed by atoms with Crippen molar-refractivity contribution in [3.05, 3.63) is 0 Å². The Kier molecular flexibility index (Phi) is 3.72. The SMILES string of the molecule is [2H]C(=O)[C@](N)(O)[C@@H](O)[C@H](O)[C@H](O)CO. The number of aldehydes is 1. The molecular weight excluding hydrogens is 182 g/mol. The zero-order valence-corrected chi connectivity index (χ0v) is 6.66. The van der Waals surface area contributed by atoms with Crippen molar-refractivity contribution in [2.45, 2.75) is 24.0 Å². The van der Waals surface area contributed by atoms with Gasteiger partial charge in [0, 0.05) is 0 Å². The lowest BCUT2D eigenvalue weighted by atomic mass is 10.00. The zero-order valence-electron chi connectivity index (χ0n) is 7.66. The van der Waals surface area contributed by atoms with Crippen molar-refractivity contribution < 1.29 is 31.7 Å². The van der Waals surface area contributed by atoms with Crippen LogP contribution in [0, 0.1) is 0 Å². The summed E-state index contributed by atoms with van der Waals surface area (Å²) in [5.74, 6) is 0. The summed E-state index contributed by atoms with van der Waals surface area (Å²) < 4.78 is 6.47. The van der Waals surface area contributed by atoms with Crippen molar-refractivity contribution in [1.82, 2.24) is 0 Å². The molecule has 0 aliphatic carbocycles. The van der Waals surface area contributed by atoms with Crippen LogP contribution in [-0.4, -0.2) is 62.4 Å². The third-order valence-corrected chi connectivity index (χ3v) is 1.52. The second-order valence-electron chi connectivity index (χ2n) is 2.61. The van der Waals surface area contributed by atoms with Crippen LogP contribution in [0.15, 0.2) is 0 Å². The van der Waals surface area contributed by atoms with Gasteiger partial charge in [0.25, 0.3) is 0 Å². The molecule has 0 radical (unpaired) electrons. The van der Waals surface area contributed by atoms with Crippen LogP contribution in [0.2, 0.25) is 0 Å². The van der Waals surface area contributed by atoms with Crippen LogP contribution < -0.4 is 5.73 Å². The van der Waals surface area contributed by atoms with Crippen molar-refractivity contribution in [3.8, 4) is 0 Å². The number of hydrogen-bond acceptors (Lipinski definition) is 7. The van der Waals surface area contributed by atoms with Crippen molar-refractivity contribution in [3.63, 3.8) is 0 Å². The minimum absolute atomic E-state index is 0.888. The molecule has 0 rings (SSSR count). The molecule has 0 aromatic carbocycles. The minimum atomic E-state index is -2.98. The maximum atomic E-state index is 10.4. The molecule has 0 saturated heterocycles. The van der Waals surface area contributed by atoms with Crippen molar-refractivity contribution in [1.29, 1.82) is 0 Å². The minimum Gasteiger partial charge on any atom is -0.394 e. The van der Waals surface area contributed by atoms with Gasteiger partial charge in [-0.3, -0.25) is 10.5 Å². The highest BCUT2D eigenvalue weighted by Gasteiger charge is 2.39. The number of aliphatic hydroxyl groups is 5. The summed E-state index contributed by atoms with van der Waals surface area (Å²) in [7, 11) is 0. The number of nitrogens with two attached hydrogens (primary N) is 1. The van der Waals surface area contributed by atoms with E-state index in [9.17, 15) is 4.79 Å². The fraction of sp³-hybridized carbons (Fsp3) is 0.833. The third kappa shape index (κ3) is 2.99. The molecule has 78 valence electrons. The van der Waals surface area contributed by atoms with E-state index in [-0.39, 0.29) is 0 Å². The number of hydrogen-bond donors (Lipinski definition) is 6. The summed E-state index contributed by atoms with van der Waals surface area (Å²) in [4.78, 5) is 10.4. The Hall–Kier alpha value is -0.570. The van der Waals surface area contributed by atoms with E-state index in [0.29, 0.717) is 0 Å². The Balaban J connectivity index is 4.60. The molecule has 0 saturated carbocycles. The van der Waals surface area contributed by atoms with Crippen LogP contribution in [0.25, 0.3) is 0 Å². The Morgan fingerprint density at radius 3 is 2.31 bits per heavy atom. The molecule has 0 fully saturated rings. The highest BCUT2D eigenvalue weighted by molar-refractivity contribution is 5.62. The first-order chi connectivity index (χ1) is 6.25. The monoisotopic (exact) mass is 196 g/mol. The summed E-state index contributed by atoms with van der Waals surface area (Å²) in [6, 6.07) is 0. The van der Waals surface area contributed by atoms with Crippen LogP contribution in [-0.2, 0) is 4.79 Å². The van der Waals surface area contributed by atoms with Gasteiger partial charge in [-0.25, -0.2) is 0 Å². The van der Waals surface area contributed by atoms with Crippen molar-refractivity contribution in [2.24, 2.45) is 5.73 Å². The van der Waals surface area contributed by atoms with E-state index >= 15 is 0 Å². The van der Waals surface area contributed by atoms with E-state index in [4.69, 9.17) is 32.6 Å². The second kappa shape index (κ2) is 4.61. The predicted octanol–water partition coefficient (Wildman–Crippen LogP) is -4.09. The van der Waals surface area contributed by atoms with Crippen molar-refractivity contribution in [2.75, 3.05) is 6.61 Å². The summed E-state index contributed by atoms with van der Waals surface area (Å²) in [5.41, 5.74) is 1.84. The highest BCUT2D eigenvalue weighted by atomic mass is 16.4. The van der Waals surface area contributed by atoms with Gasteiger partial charge in [0.1, 0.15) is 19.7 Å². The highest BCUT2D eigenvalue weighted by Crippen LogP contribution is 2.08. The maximum Gasteiger partial charge on any atom is 0.199 e. The normalized spacial score (nSPS) is 24.0. The van der Waals surface area contributed by atoms with Crippen LogP contribution in [0.4, 0.5) is 0 Å². The lowest BCUT2D eigenvalue weighted by Gasteiger charge is -2.28. The van der Waals surface area contributed by atoms with Gasteiger partial charge in [-0.2, -0.15) is 0 Å². The molecule has 0 bridgehead atoms. The van der Waals surface area contributed by atoms with Gasteiger partial charge >= 0.3 is 0 Å². The summed E-state index contributed by atoms with van der Waals surface area (Å²) in [6.07, 6.45) is -7.76. The summed E-state index contributed by atoms with van der Waals surface area (Å²) >= 11 is 0. The molecule has 13 heavy (non-hydrogen) atoms. The van der Waals surface area contributed by atoms with Crippen LogP contribution in [0.3, 0.4) is 0 Å². The van der Waals surface area contributed by atoms with Gasteiger partial charge in [0.15, 0.2) is 12.0 Å². The topological polar surface area (TPSA) is 144 Å². The van der Waals surface area contributed by atoms with E-state index in [1.807, 2.05) is 0 Å². The molecular formula is C6H13NO6. The summed E-state index contributed by atoms with van der Waals surface area (Å²) in [6.45, 7) is -0.888. The molecule has 0 spiro atoms. The van der Waals surface area contributed by atoms with Crippen LogP contribution >= 0.6 is 0 Å². The van der Waals surface area contributed by atoms with Gasteiger partial charge in [-0.1, -0.05) is 0 Å². The Morgan fingerprint density at radius 1 is 1.54 bits per heavy atom. The van der Waals surface area contributed by atoms with Gasteiger partial charge in [-0.15, -0.1) is 0 Å². The van der Waals surface area contributed by atoms with Gasteiger partial charge in [0.05, 0.1) is 6.61 Å². The quantitative estimate of drug-likeness (QED) is 0.194. The average Bonchev–Trinajstić information content (AvgIpc) is 2.13.